The van der Waals surface area contributed by atoms with Crippen LogP contribution in [0.15, 0.2) is 45.5 Å². The molecule has 1 atom stereocenters. The lowest BCUT2D eigenvalue weighted by atomic mass is 10.2. The molecule has 1 aromatic heterocycles. The van der Waals surface area contributed by atoms with Gasteiger partial charge in [0.2, 0.25) is 5.76 Å². The highest BCUT2D eigenvalue weighted by Gasteiger charge is 2.21. The van der Waals surface area contributed by atoms with E-state index in [4.69, 9.17) is 18.6 Å². The average molecular weight is 396 g/mol. The fourth-order valence-electron chi connectivity index (χ4n) is 2.07. The lowest BCUT2D eigenvalue weighted by Crippen LogP contribution is -2.42. The summed E-state index contributed by atoms with van der Waals surface area (Å²) in [7, 11) is 0. The van der Waals surface area contributed by atoms with Gasteiger partial charge in [-0.15, -0.1) is 0 Å². The van der Waals surface area contributed by atoms with Crippen molar-refractivity contribution in [2.45, 2.75) is 6.10 Å². The summed E-state index contributed by atoms with van der Waals surface area (Å²) in [5.74, 6) is 0.199. The number of carbonyl (C=O) groups is 2. The molecule has 0 aliphatic carbocycles. The number of hydrogen-bond acceptors (Lipinski definition) is 6. The molecule has 3 rings (SSSR count). The molecular formula is C16H14BrNO6. The number of fused-ring (bicyclic) bond motifs is 1. The number of hydrogen-bond donors (Lipinski definition) is 1. The van der Waals surface area contributed by atoms with Crippen LogP contribution in [0.5, 0.6) is 11.5 Å². The van der Waals surface area contributed by atoms with E-state index in [2.05, 4.69) is 21.2 Å². The normalized spacial score (nSPS) is 15.6. The molecule has 0 saturated carbocycles. The van der Waals surface area contributed by atoms with Crippen LogP contribution >= 0.6 is 15.9 Å². The lowest BCUT2D eigenvalue weighted by Gasteiger charge is -2.26. The number of para-hydroxylation sites is 2. The second-order valence-corrected chi connectivity index (χ2v) is 5.76. The number of nitrogens with one attached hydrogen (secondary N) is 1. The van der Waals surface area contributed by atoms with Crippen LogP contribution in [0.4, 0.5) is 0 Å². The highest BCUT2D eigenvalue weighted by molar-refractivity contribution is 9.10. The van der Waals surface area contributed by atoms with E-state index in [-0.39, 0.29) is 18.4 Å². The van der Waals surface area contributed by atoms with E-state index in [9.17, 15) is 9.59 Å². The van der Waals surface area contributed by atoms with Crippen molar-refractivity contribution >= 4 is 27.8 Å². The van der Waals surface area contributed by atoms with Crippen LogP contribution in [0.25, 0.3) is 0 Å². The Kier molecular flexibility index (Phi) is 5.05. The molecule has 2 heterocycles. The van der Waals surface area contributed by atoms with E-state index in [1.165, 1.54) is 6.07 Å². The van der Waals surface area contributed by atoms with E-state index in [0.717, 1.165) is 0 Å². The first kappa shape index (κ1) is 16.4. The van der Waals surface area contributed by atoms with Crippen molar-refractivity contribution in [1.82, 2.24) is 5.32 Å². The molecule has 1 amide bonds. The Morgan fingerprint density at radius 3 is 2.75 bits per heavy atom. The summed E-state index contributed by atoms with van der Waals surface area (Å²) >= 11 is 3.08. The van der Waals surface area contributed by atoms with Crippen molar-refractivity contribution in [2.75, 3.05) is 19.8 Å². The summed E-state index contributed by atoms with van der Waals surface area (Å²) in [5, 5.41) is 2.63. The van der Waals surface area contributed by atoms with Gasteiger partial charge in [-0.3, -0.25) is 4.79 Å². The van der Waals surface area contributed by atoms with E-state index in [1.807, 2.05) is 18.2 Å². The number of carbonyl (C=O) groups excluding carboxylic acids is 2. The summed E-state index contributed by atoms with van der Waals surface area (Å²) in [4.78, 5) is 23.4. The van der Waals surface area contributed by atoms with Gasteiger partial charge in [0.15, 0.2) is 22.8 Å². The molecule has 0 fully saturated rings. The standard InChI is InChI=1S/C16H14BrNO6/c17-14-6-5-13(24-14)16(20)22-9-15(19)18-7-10-8-21-11-3-1-2-4-12(11)23-10/h1-6,10H,7-9H2,(H,18,19). The molecule has 1 aliphatic heterocycles. The molecule has 24 heavy (non-hydrogen) atoms. The van der Waals surface area contributed by atoms with Gasteiger partial charge in [-0.05, 0) is 40.2 Å². The highest BCUT2D eigenvalue weighted by Crippen LogP contribution is 2.30. The molecule has 1 unspecified atom stereocenters. The number of benzene rings is 1. The summed E-state index contributed by atoms with van der Waals surface area (Å²) in [5.41, 5.74) is 0. The third-order valence-corrected chi connectivity index (χ3v) is 3.63. The second kappa shape index (κ2) is 7.39. The zero-order valence-corrected chi connectivity index (χ0v) is 14.1. The molecule has 1 aliphatic rings. The monoisotopic (exact) mass is 395 g/mol. The molecule has 0 radical (unpaired) electrons. The lowest BCUT2D eigenvalue weighted by molar-refractivity contribution is -0.124. The summed E-state index contributed by atoms with van der Waals surface area (Å²) in [6.45, 7) is 0.176. The zero-order valence-electron chi connectivity index (χ0n) is 12.5. The van der Waals surface area contributed by atoms with Gasteiger partial charge < -0.3 is 23.9 Å². The quantitative estimate of drug-likeness (QED) is 0.780. The molecule has 0 spiro atoms. The molecule has 1 aromatic carbocycles. The van der Waals surface area contributed by atoms with Crippen LogP contribution in [0, 0.1) is 0 Å². The predicted molar refractivity (Wildman–Crippen MR) is 86.1 cm³/mol. The van der Waals surface area contributed by atoms with Gasteiger partial charge >= 0.3 is 5.97 Å². The molecule has 126 valence electrons. The van der Waals surface area contributed by atoms with E-state index in [1.54, 1.807) is 12.1 Å². The van der Waals surface area contributed by atoms with Crippen LogP contribution in [0.3, 0.4) is 0 Å². The fraction of sp³-hybridized carbons (Fsp3) is 0.250. The maximum absolute atomic E-state index is 11.7. The van der Waals surface area contributed by atoms with Crippen molar-refractivity contribution in [3.63, 3.8) is 0 Å². The Labute approximate surface area is 146 Å². The highest BCUT2D eigenvalue weighted by atomic mass is 79.9. The third kappa shape index (κ3) is 4.08. The molecule has 8 heteroatoms. The van der Waals surface area contributed by atoms with Gasteiger partial charge in [-0.1, -0.05) is 12.1 Å². The number of ether oxygens (including phenoxy) is 3. The summed E-state index contributed by atoms with van der Waals surface area (Å²) in [6.07, 6.45) is -0.305. The van der Waals surface area contributed by atoms with E-state index in [0.29, 0.717) is 22.8 Å². The number of furan rings is 1. The van der Waals surface area contributed by atoms with Crippen molar-refractivity contribution in [2.24, 2.45) is 0 Å². The number of esters is 1. The fourth-order valence-corrected chi connectivity index (χ4v) is 2.38. The van der Waals surface area contributed by atoms with Gasteiger partial charge in [-0.25, -0.2) is 4.79 Å². The van der Waals surface area contributed by atoms with Gasteiger partial charge in [0.05, 0.1) is 6.54 Å². The first-order valence-electron chi connectivity index (χ1n) is 7.19. The third-order valence-electron chi connectivity index (χ3n) is 3.20. The Bertz CT molecular complexity index is 744. The molecule has 2 aromatic rings. The Balaban J connectivity index is 1.41. The largest absolute Gasteiger partial charge is 0.486 e. The predicted octanol–water partition coefficient (Wildman–Crippen LogP) is 2.16. The van der Waals surface area contributed by atoms with Gasteiger partial charge in [0.1, 0.15) is 12.7 Å². The number of rotatable bonds is 5. The minimum atomic E-state index is -0.706. The SMILES string of the molecule is O=C(COC(=O)c1ccc(Br)o1)NCC1COc2ccccc2O1. The minimum absolute atomic E-state index is 0.0234. The van der Waals surface area contributed by atoms with Crippen molar-refractivity contribution < 1.29 is 28.2 Å². The molecule has 0 saturated heterocycles. The van der Waals surface area contributed by atoms with Crippen LogP contribution in [-0.2, 0) is 9.53 Å². The maximum Gasteiger partial charge on any atom is 0.374 e. The van der Waals surface area contributed by atoms with Gasteiger partial charge in [0.25, 0.3) is 5.91 Å². The van der Waals surface area contributed by atoms with E-state index >= 15 is 0 Å². The smallest absolute Gasteiger partial charge is 0.374 e. The zero-order chi connectivity index (χ0) is 16.9. The second-order valence-electron chi connectivity index (χ2n) is 4.98. The average Bonchev–Trinajstić information content (AvgIpc) is 3.04. The van der Waals surface area contributed by atoms with Crippen LogP contribution in [0.1, 0.15) is 10.6 Å². The number of halogens is 1. The van der Waals surface area contributed by atoms with Crippen LogP contribution in [0.2, 0.25) is 0 Å². The van der Waals surface area contributed by atoms with Crippen molar-refractivity contribution in [1.29, 1.82) is 0 Å². The first-order chi connectivity index (χ1) is 11.6. The van der Waals surface area contributed by atoms with Crippen molar-refractivity contribution in [3.8, 4) is 11.5 Å². The molecular weight excluding hydrogens is 382 g/mol. The molecule has 7 nitrogen and oxygen atoms in total. The molecule has 0 bridgehead atoms. The molecule has 1 N–H and O–H groups in total. The van der Waals surface area contributed by atoms with E-state index < -0.39 is 18.5 Å². The van der Waals surface area contributed by atoms with Gasteiger partial charge in [-0.2, -0.15) is 0 Å². The Hall–Kier alpha value is -2.48. The number of amides is 1. The van der Waals surface area contributed by atoms with Crippen LogP contribution in [-0.4, -0.2) is 37.7 Å². The topological polar surface area (TPSA) is 87.0 Å². The maximum atomic E-state index is 11.7. The summed E-state index contributed by atoms with van der Waals surface area (Å²) < 4.78 is 21.6. The Morgan fingerprint density at radius 2 is 2.00 bits per heavy atom. The van der Waals surface area contributed by atoms with Crippen LogP contribution < -0.4 is 14.8 Å². The Morgan fingerprint density at radius 1 is 1.21 bits per heavy atom. The first-order valence-corrected chi connectivity index (χ1v) is 7.99. The van der Waals surface area contributed by atoms with Gasteiger partial charge in [0, 0.05) is 0 Å². The van der Waals surface area contributed by atoms with Crippen molar-refractivity contribution in [3.05, 3.63) is 46.8 Å². The minimum Gasteiger partial charge on any atom is -0.486 e. The summed E-state index contributed by atoms with van der Waals surface area (Å²) in [6, 6.07) is 10.3.